The number of hydrogen-bond acceptors (Lipinski definition) is 3. The molecule has 0 spiro atoms. The predicted octanol–water partition coefficient (Wildman–Crippen LogP) is 5.46. The molecule has 0 heterocycles. The average molecular weight is 447 g/mol. The van der Waals surface area contributed by atoms with Crippen LogP contribution in [-0.2, 0) is 16.1 Å². The lowest BCUT2D eigenvalue weighted by Gasteiger charge is -2.31. The SMILES string of the molecule is Cc1ccc(CN(C(=O)CCSc2ccc(Cl)cc2)[C@H](C)C(=O)NC(C)(C)C)cc1. The van der Waals surface area contributed by atoms with Crippen molar-refractivity contribution in [2.24, 2.45) is 0 Å². The third-order valence-electron chi connectivity index (χ3n) is 4.54. The van der Waals surface area contributed by atoms with Crippen LogP contribution in [0.25, 0.3) is 0 Å². The number of carbonyl (C=O) groups is 2. The summed E-state index contributed by atoms with van der Waals surface area (Å²) in [5, 5.41) is 3.68. The molecule has 1 atom stereocenters. The number of hydrogen-bond donors (Lipinski definition) is 1. The molecule has 0 radical (unpaired) electrons. The Labute approximate surface area is 189 Å². The zero-order chi connectivity index (χ0) is 22.3. The Morgan fingerprint density at radius 3 is 2.23 bits per heavy atom. The van der Waals surface area contributed by atoms with E-state index in [0.717, 1.165) is 16.0 Å². The molecule has 6 heteroatoms. The Hall–Kier alpha value is -1.98. The Kier molecular flexibility index (Phi) is 8.80. The lowest BCUT2D eigenvalue weighted by atomic mass is 10.1. The number of rotatable bonds is 8. The Morgan fingerprint density at radius 1 is 1.07 bits per heavy atom. The second kappa shape index (κ2) is 10.9. The van der Waals surface area contributed by atoms with E-state index in [-0.39, 0.29) is 17.4 Å². The molecule has 0 bridgehead atoms. The van der Waals surface area contributed by atoms with Gasteiger partial charge in [0.15, 0.2) is 0 Å². The number of benzene rings is 2. The summed E-state index contributed by atoms with van der Waals surface area (Å²) < 4.78 is 0. The molecule has 1 N–H and O–H groups in total. The third kappa shape index (κ3) is 8.04. The fourth-order valence-electron chi connectivity index (χ4n) is 2.88. The van der Waals surface area contributed by atoms with E-state index >= 15 is 0 Å². The summed E-state index contributed by atoms with van der Waals surface area (Å²) in [4.78, 5) is 28.6. The minimum atomic E-state index is -0.557. The van der Waals surface area contributed by atoms with Crippen molar-refractivity contribution in [1.29, 1.82) is 0 Å². The van der Waals surface area contributed by atoms with Crippen molar-refractivity contribution in [2.45, 2.75) is 64.1 Å². The Balaban J connectivity index is 2.08. The van der Waals surface area contributed by atoms with Crippen LogP contribution in [-0.4, -0.2) is 34.0 Å². The second-order valence-corrected chi connectivity index (χ2v) is 10.1. The normalized spacial score (nSPS) is 12.3. The van der Waals surface area contributed by atoms with Crippen molar-refractivity contribution < 1.29 is 9.59 Å². The van der Waals surface area contributed by atoms with E-state index in [1.54, 1.807) is 23.6 Å². The first-order valence-corrected chi connectivity index (χ1v) is 11.5. The van der Waals surface area contributed by atoms with E-state index in [2.05, 4.69) is 5.32 Å². The summed E-state index contributed by atoms with van der Waals surface area (Å²) in [7, 11) is 0. The molecular weight excluding hydrogens is 416 g/mol. The molecule has 0 fully saturated rings. The van der Waals surface area contributed by atoms with Crippen molar-refractivity contribution in [3.8, 4) is 0 Å². The molecule has 2 amide bonds. The standard InChI is InChI=1S/C24H31ClN2O2S/c1-17-6-8-19(9-7-17)16-27(18(2)23(29)26-24(3,4)5)22(28)14-15-30-21-12-10-20(25)11-13-21/h6-13,18H,14-16H2,1-5H3,(H,26,29)/t18-/m1/s1. The van der Waals surface area contributed by atoms with Crippen molar-refractivity contribution in [1.82, 2.24) is 10.2 Å². The highest BCUT2D eigenvalue weighted by Gasteiger charge is 2.28. The lowest BCUT2D eigenvalue weighted by Crippen LogP contribution is -2.52. The highest BCUT2D eigenvalue weighted by molar-refractivity contribution is 7.99. The lowest BCUT2D eigenvalue weighted by molar-refractivity contribution is -0.140. The van der Waals surface area contributed by atoms with Crippen LogP contribution < -0.4 is 5.32 Å². The molecule has 30 heavy (non-hydrogen) atoms. The summed E-state index contributed by atoms with van der Waals surface area (Å²) >= 11 is 7.53. The van der Waals surface area contributed by atoms with Crippen molar-refractivity contribution in [2.75, 3.05) is 5.75 Å². The first-order chi connectivity index (χ1) is 14.0. The molecule has 2 aromatic rings. The predicted molar refractivity (Wildman–Crippen MR) is 126 cm³/mol. The molecule has 162 valence electrons. The first kappa shape index (κ1) is 24.3. The Bertz CT molecular complexity index is 845. The molecule has 2 rings (SSSR count). The van der Waals surface area contributed by atoms with Gasteiger partial charge in [0.05, 0.1) is 0 Å². The molecule has 2 aromatic carbocycles. The summed E-state index contributed by atoms with van der Waals surface area (Å²) in [6, 6.07) is 15.1. The van der Waals surface area contributed by atoms with Gasteiger partial charge in [0.2, 0.25) is 11.8 Å². The quantitative estimate of drug-likeness (QED) is 0.547. The van der Waals surface area contributed by atoms with Crippen LogP contribution in [0.4, 0.5) is 0 Å². The van der Waals surface area contributed by atoms with Gasteiger partial charge in [0.25, 0.3) is 0 Å². The molecule has 4 nitrogen and oxygen atoms in total. The molecular formula is C24H31ClN2O2S. The van der Waals surface area contributed by atoms with Crippen molar-refractivity contribution in [3.05, 3.63) is 64.7 Å². The van der Waals surface area contributed by atoms with Gasteiger partial charge >= 0.3 is 0 Å². The number of carbonyl (C=O) groups excluding carboxylic acids is 2. The van der Waals surface area contributed by atoms with E-state index in [4.69, 9.17) is 11.6 Å². The minimum absolute atomic E-state index is 0.0337. The molecule has 0 saturated heterocycles. The van der Waals surface area contributed by atoms with Gasteiger partial charge in [-0.25, -0.2) is 0 Å². The maximum Gasteiger partial charge on any atom is 0.242 e. The van der Waals surface area contributed by atoms with Gasteiger partial charge < -0.3 is 10.2 Å². The van der Waals surface area contributed by atoms with Gasteiger partial charge in [-0.3, -0.25) is 9.59 Å². The average Bonchev–Trinajstić information content (AvgIpc) is 2.67. The van der Waals surface area contributed by atoms with Gasteiger partial charge in [-0.1, -0.05) is 41.4 Å². The largest absolute Gasteiger partial charge is 0.350 e. The zero-order valence-corrected chi connectivity index (χ0v) is 19.9. The van der Waals surface area contributed by atoms with E-state index in [0.29, 0.717) is 23.7 Å². The van der Waals surface area contributed by atoms with E-state index in [1.165, 1.54) is 0 Å². The number of halogens is 1. The highest BCUT2D eigenvalue weighted by Crippen LogP contribution is 2.22. The summed E-state index contributed by atoms with van der Waals surface area (Å²) in [6.07, 6.45) is 0.353. The minimum Gasteiger partial charge on any atom is -0.350 e. The van der Waals surface area contributed by atoms with Crippen LogP contribution in [0.5, 0.6) is 0 Å². The number of nitrogens with one attached hydrogen (secondary N) is 1. The Morgan fingerprint density at radius 2 is 1.67 bits per heavy atom. The van der Waals surface area contributed by atoms with Crippen LogP contribution >= 0.6 is 23.4 Å². The van der Waals surface area contributed by atoms with Crippen LogP contribution in [0.1, 0.15) is 45.2 Å². The van der Waals surface area contributed by atoms with Crippen molar-refractivity contribution in [3.63, 3.8) is 0 Å². The maximum atomic E-state index is 13.1. The van der Waals surface area contributed by atoms with Gasteiger partial charge in [0.1, 0.15) is 6.04 Å². The van der Waals surface area contributed by atoms with E-state index in [9.17, 15) is 9.59 Å². The summed E-state index contributed by atoms with van der Waals surface area (Å²) in [5.41, 5.74) is 1.82. The van der Waals surface area contributed by atoms with Crippen LogP contribution in [0, 0.1) is 6.92 Å². The van der Waals surface area contributed by atoms with Gasteiger partial charge in [-0.2, -0.15) is 0 Å². The molecule has 0 aliphatic rings. The fraction of sp³-hybridized carbons (Fsp3) is 0.417. The molecule has 0 unspecified atom stereocenters. The van der Waals surface area contributed by atoms with E-state index < -0.39 is 6.04 Å². The number of amides is 2. The smallest absolute Gasteiger partial charge is 0.242 e. The number of nitrogens with zero attached hydrogens (tertiary/aromatic N) is 1. The molecule has 0 saturated carbocycles. The second-order valence-electron chi connectivity index (χ2n) is 8.47. The van der Waals surface area contributed by atoms with Crippen LogP contribution in [0.15, 0.2) is 53.4 Å². The number of thioether (sulfide) groups is 1. The maximum absolute atomic E-state index is 13.1. The summed E-state index contributed by atoms with van der Waals surface area (Å²) in [5.74, 6) is 0.459. The highest BCUT2D eigenvalue weighted by atomic mass is 35.5. The van der Waals surface area contributed by atoms with Gasteiger partial charge in [-0.15, -0.1) is 11.8 Å². The van der Waals surface area contributed by atoms with Gasteiger partial charge in [-0.05, 0) is 64.4 Å². The van der Waals surface area contributed by atoms with Gasteiger partial charge in [0, 0.05) is 34.2 Å². The first-order valence-electron chi connectivity index (χ1n) is 10.1. The van der Waals surface area contributed by atoms with Crippen LogP contribution in [0.2, 0.25) is 5.02 Å². The van der Waals surface area contributed by atoms with Crippen LogP contribution in [0.3, 0.4) is 0 Å². The molecule has 0 aromatic heterocycles. The fourth-order valence-corrected chi connectivity index (χ4v) is 3.84. The van der Waals surface area contributed by atoms with E-state index in [1.807, 2.05) is 76.2 Å². The third-order valence-corrected chi connectivity index (χ3v) is 5.80. The molecule has 0 aliphatic heterocycles. The monoisotopic (exact) mass is 446 g/mol. The summed E-state index contributed by atoms with van der Waals surface area (Å²) in [6.45, 7) is 10.0. The van der Waals surface area contributed by atoms with Crippen molar-refractivity contribution >= 4 is 35.2 Å². The zero-order valence-electron chi connectivity index (χ0n) is 18.4. The number of aryl methyl sites for hydroxylation is 1. The molecule has 0 aliphatic carbocycles. The topological polar surface area (TPSA) is 49.4 Å².